The first-order valence-electron chi connectivity index (χ1n) is 9.58. The van der Waals surface area contributed by atoms with Crippen molar-refractivity contribution in [2.45, 2.75) is 52.0 Å². The Morgan fingerprint density at radius 3 is 2.46 bits per heavy atom. The standard InChI is InChI=1S/C21H27FN2O4/c1-20(2,3)14-7-9-21(10-8-14)18(26)24(19(27)23-21)12-16(25)13-5-6-17(28-4)15(22)11-13/h5-6,11,14H,7-10,12H2,1-4H3,(H,23,27). The molecule has 1 aliphatic heterocycles. The van der Waals surface area contributed by atoms with Crippen molar-refractivity contribution in [3.05, 3.63) is 29.6 Å². The summed E-state index contributed by atoms with van der Waals surface area (Å²) in [7, 11) is 1.33. The predicted octanol–water partition coefficient (Wildman–Crippen LogP) is 3.54. The van der Waals surface area contributed by atoms with E-state index in [1.807, 2.05) is 0 Å². The molecule has 0 unspecified atom stereocenters. The first-order chi connectivity index (χ1) is 13.1. The average molecular weight is 390 g/mol. The molecule has 1 heterocycles. The zero-order valence-electron chi connectivity index (χ0n) is 16.8. The van der Waals surface area contributed by atoms with Crippen molar-refractivity contribution in [3.63, 3.8) is 0 Å². The molecule has 3 amide bonds. The van der Waals surface area contributed by atoms with E-state index >= 15 is 0 Å². The van der Waals surface area contributed by atoms with Crippen molar-refractivity contribution in [3.8, 4) is 5.75 Å². The number of halogens is 1. The van der Waals surface area contributed by atoms with Crippen LogP contribution in [-0.2, 0) is 4.79 Å². The van der Waals surface area contributed by atoms with Crippen LogP contribution in [0.4, 0.5) is 9.18 Å². The van der Waals surface area contributed by atoms with Gasteiger partial charge in [0.25, 0.3) is 5.91 Å². The molecule has 28 heavy (non-hydrogen) atoms. The van der Waals surface area contributed by atoms with E-state index in [1.54, 1.807) is 0 Å². The van der Waals surface area contributed by atoms with Gasteiger partial charge in [-0.2, -0.15) is 0 Å². The van der Waals surface area contributed by atoms with Gasteiger partial charge in [-0.1, -0.05) is 20.8 Å². The summed E-state index contributed by atoms with van der Waals surface area (Å²) in [6.45, 7) is 6.15. The first-order valence-corrected chi connectivity index (χ1v) is 9.58. The number of ketones is 1. The van der Waals surface area contributed by atoms with Gasteiger partial charge < -0.3 is 10.1 Å². The van der Waals surface area contributed by atoms with Crippen LogP contribution < -0.4 is 10.1 Å². The smallest absolute Gasteiger partial charge is 0.325 e. The zero-order valence-corrected chi connectivity index (χ0v) is 16.8. The lowest BCUT2D eigenvalue weighted by Crippen LogP contribution is -2.50. The normalized spacial score (nSPS) is 25.2. The molecule has 3 rings (SSSR count). The highest BCUT2D eigenvalue weighted by atomic mass is 19.1. The predicted molar refractivity (Wildman–Crippen MR) is 102 cm³/mol. The van der Waals surface area contributed by atoms with Crippen LogP contribution in [0.1, 0.15) is 56.8 Å². The second-order valence-corrected chi connectivity index (χ2v) is 8.82. The highest BCUT2D eigenvalue weighted by molar-refractivity contribution is 6.11. The number of nitrogens with one attached hydrogen (secondary N) is 1. The molecule has 152 valence electrons. The van der Waals surface area contributed by atoms with Gasteiger partial charge in [0, 0.05) is 5.56 Å². The second-order valence-electron chi connectivity index (χ2n) is 8.82. The molecule has 0 radical (unpaired) electrons. The van der Waals surface area contributed by atoms with Crippen LogP contribution in [0.25, 0.3) is 0 Å². The Labute approximate surface area is 164 Å². The summed E-state index contributed by atoms with van der Waals surface area (Å²) in [5, 5.41) is 2.82. The number of hydrogen-bond acceptors (Lipinski definition) is 4. The Morgan fingerprint density at radius 2 is 1.93 bits per heavy atom. The van der Waals surface area contributed by atoms with Gasteiger partial charge in [0.05, 0.1) is 13.7 Å². The van der Waals surface area contributed by atoms with Gasteiger partial charge in [0.2, 0.25) is 0 Å². The van der Waals surface area contributed by atoms with Crippen LogP contribution in [-0.4, -0.2) is 41.8 Å². The Hall–Kier alpha value is -2.44. The quantitative estimate of drug-likeness (QED) is 0.630. The monoisotopic (exact) mass is 390 g/mol. The molecule has 1 spiro atoms. The van der Waals surface area contributed by atoms with E-state index in [0.717, 1.165) is 23.8 Å². The summed E-state index contributed by atoms with van der Waals surface area (Å²) in [4.78, 5) is 38.9. The van der Waals surface area contributed by atoms with Gasteiger partial charge in [0.15, 0.2) is 17.3 Å². The summed E-state index contributed by atoms with van der Waals surface area (Å²) >= 11 is 0. The van der Waals surface area contributed by atoms with E-state index < -0.39 is 29.7 Å². The molecule has 7 heteroatoms. The van der Waals surface area contributed by atoms with E-state index in [2.05, 4.69) is 26.1 Å². The third-order valence-corrected chi connectivity index (χ3v) is 6.09. The maximum absolute atomic E-state index is 13.9. The van der Waals surface area contributed by atoms with E-state index in [-0.39, 0.29) is 22.6 Å². The molecule has 1 saturated heterocycles. The van der Waals surface area contributed by atoms with E-state index in [9.17, 15) is 18.8 Å². The van der Waals surface area contributed by atoms with Gasteiger partial charge in [-0.3, -0.25) is 14.5 Å². The van der Waals surface area contributed by atoms with Crippen LogP contribution >= 0.6 is 0 Å². The minimum Gasteiger partial charge on any atom is -0.494 e. The van der Waals surface area contributed by atoms with Crippen molar-refractivity contribution >= 4 is 17.7 Å². The van der Waals surface area contributed by atoms with Gasteiger partial charge in [0.1, 0.15) is 5.54 Å². The van der Waals surface area contributed by atoms with E-state index in [4.69, 9.17) is 4.74 Å². The Kier molecular flexibility index (Phi) is 5.21. The van der Waals surface area contributed by atoms with Gasteiger partial charge in [-0.15, -0.1) is 0 Å². The summed E-state index contributed by atoms with van der Waals surface area (Å²) in [5.41, 5.74) is -0.665. The molecule has 1 N–H and O–H groups in total. The fourth-order valence-electron chi connectivity index (χ4n) is 4.21. The molecule has 6 nitrogen and oxygen atoms in total. The van der Waals surface area contributed by atoms with Crippen molar-refractivity contribution in [1.82, 2.24) is 10.2 Å². The number of urea groups is 1. The highest BCUT2D eigenvalue weighted by Crippen LogP contribution is 2.43. The fraction of sp³-hybridized carbons (Fsp3) is 0.571. The maximum atomic E-state index is 13.9. The SMILES string of the molecule is COc1ccc(C(=O)CN2C(=O)NC3(CCC(C(C)(C)C)CC3)C2=O)cc1F. The number of Topliss-reactive ketones (excluding diaryl/α,β-unsaturated/α-hetero) is 1. The molecule has 0 atom stereocenters. The lowest BCUT2D eigenvalue weighted by molar-refractivity contribution is -0.132. The largest absolute Gasteiger partial charge is 0.494 e. The molecule has 2 aliphatic rings. The Morgan fingerprint density at radius 1 is 1.29 bits per heavy atom. The number of nitrogens with zero attached hydrogens (tertiary/aromatic N) is 1. The molecule has 2 fully saturated rings. The minimum atomic E-state index is -0.912. The van der Waals surface area contributed by atoms with Crippen LogP contribution in [0.15, 0.2) is 18.2 Å². The number of methoxy groups -OCH3 is 1. The Bertz CT molecular complexity index is 807. The number of hydrogen-bond donors (Lipinski definition) is 1. The molecule has 1 aliphatic carbocycles. The van der Waals surface area contributed by atoms with Crippen molar-refractivity contribution < 1.29 is 23.5 Å². The number of amides is 3. The average Bonchev–Trinajstić information content (AvgIpc) is 2.85. The number of rotatable bonds is 4. The lowest BCUT2D eigenvalue weighted by atomic mass is 9.67. The van der Waals surface area contributed by atoms with Crippen LogP contribution in [0.2, 0.25) is 0 Å². The third-order valence-electron chi connectivity index (χ3n) is 6.09. The number of benzene rings is 1. The van der Waals surface area contributed by atoms with Gasteiger partial charge in [-0.05, 0) is 55.2 Å². The third kappa shape index (κ3) is 3.62. The van der Waals surface area contributed by atoms with E-state index in [1.165, 1.54) is 19.2 Å². The van der Waals surface area contributed by atoms with Crippen molar-refractivity contribution in [2.75, 3.05) is 13.7 Å². The fourth-order valence-corrected chi connectivity index (χ4v) is 4.21. The summed E-state index contributed by atoms with van der Waals surface area (Å²) in [6.07, 6.45) is 2.84. The molecule has 1 aromatic carbocycles. The highest BCUT2D eigenvalue weighted by Gasteiger charge is 2.53. The first kappa shape index (κ1) is 20.3. The van der Waals surface area contributed by atoms with Gasteiger partial charge >= 0.3 is 6.03 Å². The molecule has 1 saturated carbocycles. The van der Waals surface area contributed by atoms with Crippen molar-refractivity contribution in [2.24, 2.45) is 11.3 Å². The number of imide groups is 1. The molecular weight excluding hydrogens is 363 g/mol. The van der Waals surface area contributed by atoms with Crippen LogP contribution in [0.5, 0.6) is 5.75 Å². The van der Waals surface area contributed by atoms with E-state index in [0.29, 0.717) is 18.8 Å². The summed E-state index contributed by atoms with van der Waals surface area (Å²) < 4.78 is 18.7. The molecular formula is C21H27FN2O4. The summed E-state index contributed by atoms with van der Waals surface area (Å²) in [5.74, 6) is -0.998. The van der Waals surface area contributed by atoms with Crippen LogP contribution in [0, 0.1) is 17.2 Å². The molecule has 0 bridgehead atoms. The molecule has 1 aromatic rings. The summed E-state index contributed by atoms with van der Waals surface area (Å²) in [6, 6.07) is 3.28. The minimum absolute atomic E-state index is 0.0288. The molecule has 0 aromatic heterocycles. The van der Waals surface area contributed by atoms with Crippen molar-refractivity contribution in [1.29, 1.82) is 0 Å². The van der Waals surface area contributed by atoms with Crippen LogP contribution in [0.3, 0.4) is 0 Å². The van der Waals surface area contributed by atoms with Gasteiger partial charge in [-0.25, -0.2) is 9.18 Å². The Balaban J connectivity index is 1.71. The number of carbonyl (C=O) groups is 3. The number of carbonyl (C=O) groups excluding carboxylic acids is 3. The topological polar surface area (TPSA) is 75.7 Å². The maximum Gasteiger partial charge on any atom is 0.325 e. The lowest BCUT2D eigenvalue weighted by Gasteiger charge is -2.40. The number of ether oxygens (including phenoxy) is 1. The second kappa shape index (κ2) is 7.18. The zero-order chi connectivity index (χ0) is 20.7.